The van der Waals surface area contributed by atoms with Crippen LogP contribution in [0.3, 0.4) is 0 Å². The lowest BCUT2D eigenvalue weighted by Gasteiger charge is -2.35. The Hall–Kier alpha value is -3.10. The van der Waals surface area contributed by atoms with Gasteiger partial charge in [-0.3, -0.25) is 14.4 Å². The number of halogens is 1. The molecule has 0 spiro atoms. The van der Waals surface area contributed by atoms with Crippen LogP contribution in [0.1, 0.15) is 37.8 Å². The summed E-state index contributed by atoms with van der Waals surface area (Å²) in [6.07, 6.45) is 4.10. The number of hydrogen-bond donors (Lipinski definition) is 1. The van der Waals surface area contributed by atoms with Crippen LogP contribution in [0.25, 0.3) is 11.1 Å². The van der Waals surface area contributed by atoms with Crippen molar-refractivity contribution in [3.63, 3.8) is 0 Å². The highest BCUT2D eigenvalue weighted by Crippen LogP contribution is 2.44. The number of benzene rings is 1. The van der Waals surface area contributed by atoms with E-state index in [4.69, 9.17) is 15.2 Å². The second kappa shape index (κ2) is 7.38. The Balaban J connectivity index is 1.83. The number of anilines is 1. The summed E-state index contributed by atoms with van der Waals surface area (Å²) in [5.41, 5.74) is 7.62. The van der Waals surface area contributed by atoms with Crippen LogP contribution in [-0.4, -0.2) is 41.3 Å². The maximum atomic E-state index is 14.2. The molecule has 1 aromatic heterocycles. The minimum absolute atomic E-state index is 0.0939. The number of alkyl halides is 1. The zero-order valence-corrected chi connectivity index (χ0v) is 16.3. The zero-order chi connectivity index (χ0) is 20.7. The number of primary amides is 1. The van der Waals surface area contributed by atoms with Crippen molar-refractivity contribution in [1.29, 1.82) is 0 Å². The first-order valence-electron chi connectivity index (χ1n) is 9.58. The van der Waals surface area contributed by atoms with Gasteiger partial charge in [0.1, 0.15) is 5.75 Å². The van der Waals surface area contributed by atoms with Crippen LogP contribution in [0.4, 0.5) is 14.9 Å². The number of carbonyl (C=O) groups is 2. The minimum atomic E-state index is -2.30. The van der Waals surface area contributed by atoms with Gasteiger partial charge in [0.25, 0.3) is 5.91 Å². The summed E-state index contributed by atoms with van der Waals surface area (Å²) in [7, 11) is 1.31. The van der Waals surface area contributed by atoms with Gasteiger partial charge in [0.15, 0.2) is 0 Å². The van der Waals surface area contributed by atoms with Crippen LogP contribution in [0, 0.1) is 0 Å². The van der Waals surface area contributed by atoms with Crippen molar-refractivity contribution in [3.8, 4) is 16.9 Å². The Morgan fingerprint density at radius 3 is 2.72 bits per heavy atom. The first-order valence-corrected chi connectivity index (χ1v) is 9.58. The minimum Gasteiger partial charge on any atom is -0.452 e. The van der Waals surface area contributed by atoms with Gasteiger partial charge in [-0.15, -0.1) is 0 Å². The molecule has 2 heterocycles. The van der Waals surface area contributed by atoms with Crippen molar-refractivity contribution < 1.29 is 23.5 Å². The largest absolute Gasteiger partial charge is 0.452 e. The maximum absolute atomic E-state index is 14.2. The normalized spacial score (nSPS) is 19.4. The summed E-state index contributed by atoms with van der Waals surface area (Å²) in [4.78, 5) is 25.2. The average Bonchev–Trinajstić information content (AvgIpc) is 3.44. The van der Waals surface area contributed by atoms with Crippen LogP contribution < -0.4 is 15.4 Å². The van der Waals surface area contributed by atoms with Gasteiger partial charge < -0.3 is 15.2 Å². The number of methoxy groups -OCH3 is 1. The Bertz CT molecular complexity index is 956. The molecular formula is C20H23FN4O4. The van der Waals surface area contributed by atoms with Gasteiger partial charge in [0, 0.05) is 28.9 Å². The smallest absolute Gasteiger partial charge is 0.414 e. The standard InChI is InChI=1S/C20H23FN4O4/c1-11-3-6-15-16(25(11)20(27)28-2)8-7-14(17(15)29-18(21)19(22)26)12-9-23-24(10-12)13-4-5-13/h7-11,13,18H,3-6H2,1-2H3,(H2,22,26)/t11-,18+/m0/s1. The number of nitrogens with zero attached hydrogens (tertiary/aromatic N) is 3. The third-order valence-electron chi connectivity index (χ3n) is 5.40. The number of rotatable bonds is 5. The number of nitrogens with two attached hydrogens (primary N) is 1. The van der Waals surface area contributed by atoms with E-state index >= 15 is 0 Å². The molecule has 154 valence electrons. The highest BCUT2D eigenvalue weighted by atomic mass is 19.1. The molecule has 8 nitrogen and oxygen atoms in total. The molecule has 29 heavy (non-hydrogen) atoms. The molecule has 1 aliphatic heterocycles. The van der Waals surface area contributed by atoms with Crippen LogP contribution in [-0.2, 0) is 16.0 Å². The van der Waals surface area contributed by atoms with Crippen LogP contribution >= 0.6 is 0 Å². The van der Waals surface area contributed by atoms with E-state index in [1.165, 1.54) is 12.0 Å². The Labute approximate surface area is 167 Å². The molecule has 2 N–H and O–H groups in total. The predicted molar refractivity (Wildman–Crippen MR) is 103 cm³/mol. The Morgan fingerprint density at radius 2 is 2.07 bits per heavy atom. The van der Waals surface area contributed by atoms with Crippen LogP contribution in [0.15, 0.2) is 24.5 Å². The van der Waals surface area contributed by atoms with E-state index in [1.54, 1.807) is 18.3 Å². The lowest BCUT2D eigenvalue weighted by atomic mass is 9.92. The topological polar surface area (TPSA) is 99.7 Å². The van der Waals surface area contributed by atoms with E-state index in [-0.39, 0.29) is 11.8 Å². The van der Waals surface area contributed by atoms with E-state index in [0.29, 0.717) is 35.7 Å². The number of carbonyl (C=O) groups excluding carboxylic acids is 2. The first-order chi connectivity index (χ1) is 13.9. The summed E-state index contributed by atoms with van der Waals surface area (Å²) in [6.45, 7) is 1.91. The molecule has 0 saturated heterocycles. The van der Waals surface area contributed by atoms with Gasteiger partial charge in [-0.05, 0) is 44.7 Å². The van der Waals surface area contributed by atoms with E-state index in [2.05, 4.69) is 5.10 Å². The van der Waals surface area contributed by atoms with E-state index in [0.717, 1.165) is 18.4 Å². The van der Waals surface area contributed by atoms with Crippen molar-refractivity contribution >= 4 is 17.7 Å². The molecule has 0 bridgehead atoms. The van der Waals surface area contributed by atoms with Crippen molar-refractivity contribution in [2.45, 2.75) is 51.0 Å². The number of fused-ring (bicyclic) bond motifs is 1. The first kappa shape index (κ1) is 19.2. The lowest BCUT2D eigenvalue weighted by molar-refractivity contribution is -0.131. The fourth-order valence-electron chi connectivity index (χ4n) is 3.72. The molecule has 2 aliphatic rings. The number of aromatic nitrogens is 2. The Kier molecular flexibility index (Phi) is 4.89. The summed E-state index contributed by atoms with van der Waals surface area (Å²) in [6, 6.07) is 3.82. The van der Waals surface area contributed by atoms with Crippen LogP contribution in [0.2, 0.25) is 0 Å². The van der Waals surface area contributed by atoms with E-state index < -0.39 is 18.4 Å². The highest BCUT2D eigenvalue weighted by molar-refractivity contribution is 5.92. The van der Waals surface area contributed by atoms with Gasteiger partial charge in [-0.2, -0.15) is 9.49 Å². The number of amides is 2. The van der Waals surface area contributed by atoms with Crippen molar-refractivity contribution in [2.24, 2.45) is 5.73 Å². The van der Waals surface area contributed by atoms with Crippen molar-refractivity contribution in [1.82, 2.24) is 9.78 Å². The van der Waals surface area contributed by atoms with E-state index in [1.807, 2.05) is 17.8 Å². The van der Waals surface area contributed by atoms with Crippen molar-refractivity contribution in [2.75, 3.05) is 12.0 Å². The van der Waals surface area contributed by atoms with Gasteiger partial charge in [0.05, 0.1) is 25.0 Å². The second-order valence-electron chi connectivity index (χ2n) is 7.44. The molecule has 1 aliphatic carbocycles. The molecule has 1 fully saturated rings. The second-order valence-corrected chi connectivity index (χ2v) is 7.44. The monoisotopic (exact) mass is 402 g/mol. The quantitative estimate of drug-likeness (QED) is 0.829. The fraction of sp³-hybridized carbons (Fsp3) is 0.450. The fourth-order valence-corrected chi connectivity index (χ4v) is 3.72. The molecule has 0 unspecified atom stereocenters. The Morgan fingerprint density at radius 1 is 1.31 bits per heavy atom. The van der Waals surface area contributed by atoms with Crippen LogP contribution in [0.5, 0.6) is 5.75 Å². The van der Waals surface area contributed by atoms with Gasteiger partial charge in [0.2, 0.25) is 0 Å². The third-order valence-corrected chi connectivity index (χ3v) is 5.40. The lowest BCUT2D eigenvalue weighted by Crippen LogP contribution is -2.42. The molecule has 2 atom stereocenters. The molecule has 4 rings (SSSR count). The number of hydrogen-bond acceptors (Lipinski definition) is 5. The third kappa shape index (κ3) is 3.52. The summed E-state index contributed by atoms with van der Waals surface area (Å²) >= 11 is 0. The van der Waals surface area contributed by atoms with Gasteiger partial charge in [-0.25, -0.2) is 4.79 Å². The predicted octanol–water partition coefficient (Wildman–Crippen LogP) is 2.95. The van der Waals surface area contributed by atoms with E-state index in [9.17, 15) is 14.0 Å². The zero-order valence-electron chi connectivity index (χ0n) is 16.3. The summed E-state index contributed by atoms with van der Waals surface area (Å²) < 4.78 is 26.4. The number of ether oxygens (including phenoxy) is 2. The summed E-state index contributed by atoms with van der Waals surface area (Å²) in [5, 5.41) is 4.38. The summed E-state index contributed by atoms with van der Waals surface area (Å²) in [5.74, 6) is -1.01. The molecule has 1 aromatic carbocycles. The molecular weight excluding hydrogens is 379 g/mol. The molecule has 0 radical (unpaired) electrons. The highest BCUT2D eigenvalue weighted by Gasteiger charge is 2.33. The van der Waals surface area contributed by atoms with Gasteiger partial charge in [-0.1, -0.05) is 0 Å². The molecule has 2 amide bonds. The molecule has 2 aromatic rings. The van der Waals surface area contributed by atoms with Crippen molar-refractivity contribution in [3.05, 3.63) is 30.1 Å². The maximum Gasteiger partial charge on any atom is 0.414 e. The molecule has 9 heteroatoms. The SMILES string of the molecule is COC(=O)N1c2ccc(-c3cnn(C4CC4)c3)c(O[C@@H](F)C(N)=O)c2CC[C@@H]1C. The van der Waals surface area contributed by atoms with Gasteiger partial charge >= 0.3 is 12.5 Å². The average molecular weight is 402 g/mol. The molecule has 1 saturated carbocycles.